The number of ether oxygens (including phenoxy) is 2. The molecule has 3 aromatic carbocycles. The summed E-state index contributed by atoms with van der Waals surface area (Å²) in [7, 11) is 0. The van der Waals surface area contributed by atoms with E-state index in [1.165, 1.54) is 0 Å². The maximum Gasteiger partial charge on any atom is 0.229 e. The van der Waals surface area contributed by atoms with Gasteiger partial charge in [-0.2, -0.15) is 0 Å². The molecule has 1 heterocycles. The molecule has 1 aliphatic heterocycles. The monoisotopic (exact) mass is 388 g/mol. The van der Waals surface area contributed by atoms with Crippen LogP contribution in [-0.2, 0) is 11.3 Å². The molecular formula is C24H24N2O3. The van der Waals surface area contributed by atoms with Crippen LogP contribution in [0.2, 0.25) is 0 Å². The summed E-state index contributed by atoms with van der Waals surface area (Å²) in [5, 5.41) is 3.31. The van der Waals surface area contributed by atoms with Crippen LogP contribution in [0.25, 0.3) is 0 Å². The van der Waals surface area contributed by atoms with Crippen molar-refractivity contribution in [3.8, 4) is 11.5 Å². The van der Waals surface area contributed by atoms with E-state index in [-0.39, 0.29) is 5.91 Å². The third-order valence-corrected chi connectivity index (χ3v) is 4.76. The highest BCUT2D eigenvalue weighted by Crippen LogP contribution is 2.32. The molecule has 0 unspecified atom stereocenters. The van der Waals surface area contributed by atoms with E-state index in [0.29, 0.717) is 32.7 Å². The lowest BCUT2D eigenvalue weighted by Crippen LogP contribution is -2.31. The first-order valence-corrected chi connectivity index (χ1v) is 9.82. The number of carbonyl (C=O) groups is 1. The van der Waals surface area contributed by atoms with Crippen LogP contribution in [0.3, 0.4) is 0 Å². The Balaban J connectivity index is 1.40. The Bertz CT molecular complexity index is 945. The van der Waals surface area contributed by atoms with Crippen LogP contribution >= 0.6 is 0 Å². The van der Waals surface area contributed by atoms with Gasteiger partial charge in [0.2, 0.25) is 5.91 Å². The second kappa shape index (κ2) is 9.15. The molecule has 0 aliphatic carbocycles. The van der Waals surface area contributed by atoms with Crippen molar-refractivity contribution < 1.29 is 14.3 Å². The summed E-state index contributed by atoms with van der Waals surface area (Å²) < 4.78 is 11.2. The number of carbonyl (C=O) groups excluding carboxylic acids is 1. The fraction of sp³-hybridized carbons (Fsp3) is 0.208. The van der Waals surface area contributed by atoms with Gasteiger partial charge in [0.15, 0.2) is 11.5 Å². The number of rotatable bonds is 7. The quantitative estimate of drug-likeness (QED) is 0.648. The third kappa shape index (κ3) is 4.88. The Kier molecular flexibility index (Phi) is 5.95. The van der Waals surface area contributed by atoms with E-state index in [9.17, 15) is 4.79 Å². The minimum absolute atomic E-state index is 0.0742. The maximum absolute atomic E-state index is 13.0. The van der Waals surface area contributed by atoms with Crippen LogP contribution in [0.4, 0.5) is 11.4 Å². The fourth-order valence-corrected chi connectivity index (χ4v) is 3.30. The zero-order valence-corrected chi connectivity index (χ0v) is 16.2. The number of hydrogen-bond donors (Lipinski definition) is 1. The topological polar surface area (TPSA) is 50.8 Å². The Hall–Kier alpha value is -3.47. The average molecular weight is 388 g/mol. The van der Waals surface area contributed by atoms with Gasteiger partial charge in [-0.1, -0.05) is 48.5 Å². The van der Waals surface area contributed by atoms with Gasteiger partial charge in [-0.3, -0.25) is 4.79 Å². The van der Waals surface area contributed by atoms with E-state index in [1.54, 1.807) is 0 Å². The van der Waals surface area contributed by atoms with Crippen molar-refractivity contribution in [2.75, 3.05) is 30.0 Å². The van der Waals surface area contributed by atoms with Crippen LogP contribution in [0.5, 0.6) is 11.5 Å². The van der Waals surface area contributed by atoms with Crippen molar-refractivity contribution in [1.29, 1.82) is 0 Å². The second-order valence-electron chi connectivity index (χ2n) is 6.84. The molecule has 29 heavy (non-hydrogen) atoms. The van der Waals surface area contributed by atoms with E-state index in [1.807, 2.05) is 83.8 Å². The zero-order valence-electron chi connectivity index (χ0n) is 16.2. The number of anilines is 2. The molecule has 0 atom stereocenters. The average Bonchev–Trinajstić information content (AvgIpc) is 2.78. The number of para-hydroxylation sites is 1. The van der Waals surface area contributed by atoms with Gasteiger partial charge in [0.05, 0.1) is 6.54 Å². The molecule has 0 saturated carbocycles. The Morgan fingerprint density at radius 3 is 2.31 bits per heavy atom. The van der Waals surface area contributed by atoms with Crippen molar-refractivity contribution in [2.45, 2.75) is 13.0 Å². The first-order valence-electron chi connectivity index (χ1n) is 9.82. The lowest BCUT2D eigenvalue weighted by molar-refractivity contribution is -0.118. The van der Waals surface area contributed by atoms with Crippen molar-refractivity contribution >= 4 is 17.3 Å². The largest absolute Gasteiger partial charge is 0.486 e. The highest BCUT2D eigenvalue weighted by Gasteiger charge is 2.16. The fourth-order valence-electron chi connectivity index (χ4n) is 3.30. The molecule has 5 heteroatoms. The van der Waals surface area contributed by atoms with Gasteiger partial charge in [-0.25, -0.2) is 0 Å². The zero-order chi connectivity index (χ0) is 19.9. The molecule has 5 nitrogen and oxygen atoms in total. The van der Waals surface area contributed by atoms with Crippen LogP contribution in [-0.4, -0.2) is 25.7 Å². The number of nitrogens with zero attached hydrogens (tertiary/aromatic N) is 1. The maximum atomic E-state index is 13.0. The van der Waals surface area contributed by atoms with Crippen LogP contribution in [0, 0.1) is 0 Å². The van der Waals surface area contributed by atoms with E-state index in [2.05, 4.69) is 5.32 Å². The standard InChI is InChI=1S/C24H24N2O3/c27-24(13-14-25-20-11-12-22-23(17-20)29-16-15-28-22)26(21-9-5-2-6-10-21)18-19-7-3-1-4-8-19/h1-12,17,25H,13-16,18H2. The Morgan fingerprint density at radius 1 is 0.862 bits per heavy atom. The molecule has 0 bridgehead atoms. The lowest BCUT2D eigenvalue weighted by Gasteiger charge is -2.23. The predicted molar refractivity (Wildman–Crippen MR) is 115 cm³/mol. The molecular weight excluding hydrogens is 364 g/mol. The van der Waals surface area contributed by atoms with Crippen molar-refractivity contribution in [1.82, 2.24) is 0 Å². The van der Waals surface area contributed by atoms with Gasteiger partial charge in [-0.05, 0) is 29.8 Å². The van der Waals surface area contributed by atoms with E-state index in [0.717, 1.165) is 28.4 Å². The summed E-state index contributed by atoms with van der Waals surface area (Å²) in [6.07, 6.45) is 0.385. The molecule has 0 aromatic heterocycles. The second-order valence-corrected chi connectivity index (χ2v) is 6.84. The summed E-state index contributed by atoms with van der Waals surface area (Å²) in [6, 6.07) is 25.6. The number of amides is 1. The minimum atomic E-state index is 0.0742. The van der Waals surface area contributed by atoms with Crippen LogP contribution in [0.15, 0.2) is 78.9 Å². The summed E-state index contributed by atoms with van der Waals surface area (Å²) in [5.74, 6) is 1.57. The smallest absolute Gasteiger partial charge is 0.229 e. The number of benzene rings is 3. The summed E-state index contributed by atoms with van der Waals surface area (Å²) in [5.41, 5.74) is 2.92. The van der Waals surface area contributed by atoms with Crippen molar-refractivity contribution in [2.24, 2.45) is 0 Å². The summed E-state index contributed by atoms with van der Waals surface area (Å²) >= 11 is 0. The molecule has 4 rings (SSSR count). The molecule has 0 spiro atoms. The first-order chi connectivity index (χ1) is 14.3. The highest BCUT2D eigenvalue weighted by molar-refractivity contribution is 5.93. The summed E-state index contributed by atoms with van der Waals surface area (Å²) in [6.45, 7) is 2.22. The van der Waals surface area contributed by atoms with E-state index >= 15 is 0 Å². The number of nitrogens with one attached hydrogen (secondary N) is 1. The Labute approximate surface area is 170 Å². The Morgan fingerprint density at radius 2 is 1.55 bits per heavy atom. The SMILES string of the molecule is O=C(CCNc1ccc2c(c1)OCCO2)N(Cc1ccccc1)c1ccccc1. The van der Waals surface area contributed by atoms with Gasteiger partial charge in [-0.15, -0.1) is 0 Å². The molecule has 0 fully saturated rings. The molecule has 0 saturated heterocycles. The van der Waals surface area contributed by atoms with E-state index < -0.39 is 0 Å². The van der Waals surface area contributed by atoms with Gasteiger partial charge in [0, 0.05) is 30.4 Å². The lowest BCUT2D eigenvalue weighted by atomic mass is 10.2. The number of fused-ring (bicyclic) bond motifs is 1. The molecule has 3 aromatic rings. The number of hydrogen-bond acceptors (Lipinski definition) is 4. The molecule has 1 amide bonds. The van der Waals surface area contributed by atoms with E-state index in [4.69, 9.17) is 9.47 Å². The molecule has 148 valence electrons. The van der Waals surface area contributed by atoms with Crippen LogP contribution < -0.4 is 19.7 Å². The van der Waals surface area contributed by atoms with Gasteiger partial charge in [0.25, 0.3) is 0 Å². The van der Waals surface area contributed by atoms with Gasteiger partial charge in [0.1, 0.15) is 13.2 Å². The predicted octanol–water partition coefficient (Wildman–Crippen LogP) is 4.49. The van der Waals surface area contributed by atoms with Crippen molar-refractivity contribution in [3.63, 3.8) is 0 Å². The van der Waals surface area contributed by atoms with Crippen molar-refractivity contribution in [3.05, 3.63) is 84.4 Å². The van der Waals surface area contributed by atoms with Crippen LogP contribution in [0.1, 0.15) is 12.0 Å². The van der Waals surface area contributed by atoms with Gasteiger partial charge >= 0.3 is 0 Å². The molecule has 0 radical (unpaired) electrons. The molecule has 1 N–H and O–H groups in total. The van der Waals surface area contributed by atoms with Gasteiger partial charge < -0.3 is 19.7 Å². The minimum Gasteiger partial charge on any atom is -0.486 e. The normalized spacial score (nSPS) is 12.3. The first kappa shape index (κ1) is 18.9. The highest BCUT2D eigenvalue weighted by atomic mass is 16.6. The third-order valence-electron chi connectivity index (χ3n) is 4.76. The molecule has 1 aliphatic rings. The summed E-state index contributed by atoms with van der Waals surface area (Å²) in [4.78, 5) is 14.8.